The van der Waals surface area contributed by atoms with Crippen molar-refractivity contribution >= 4 is 46.1 Å². The Labute approximate surface area is 194 Å². The number of anilines is 1. The van der Waals surface area contributed by atoms with E-state index in [1.807, 2.05) is 41.8 Å². The van der Waals surface area contributed by atoms with Crippen molar-refractivity contribution in [3.05, 3.63) is 94.0 Å². The molecule has 0 atom stereocenters. The SMILES string of the molecule is Cc1ccc(Cl)cc1NC(=O)/C(C#N)=C\c1cn(Cc2ccc(C(=O)O)o2)c2ccccc12. The van der Waals surface area contributed by atoms with E-state index in [1.54, 1.807) is 30.5 Å². The highest BCUT2D eigenvalue weighted by atomic mass is 35.5. The minimum atomic E-state index is -1.14. The monoisotopic (exact) mass is 459 g/mol. The molecule has 0 unspecified atom stereocenters. The Kier molecular flexibility index (Phi) is 6.03. The van der Waals surface area contributed by atoms with Crippen LogP contribution in [-0.2, 0) is 11.3 Å². The number of furan rings is 1. The molecule has 0 fully saturated rings. The summed E-state index contributed by atoms with van der Waals surface area (Å²) >= 11 is 6.02. The lowest BCUT2D eigenvalue weighted by Gasteiger charge is -2.08. The highest BCUT2D eigenvalue weighted by Gasteiger charge is 2.15. The van der Waals surface area contributed by atoms with Crippen molar-refractivity contribution in [3.63, 3.8) is 0 Å². The van der Waals surface area contributed by atoms with Gasteiger partial charge in [-0.2, -0.15) is 5.26 Å². The standard InChI is InChI=1S/C25H18ClN3O4/c1-15-6-7-18(26)11-21(15)28-24(30)16(12-27)10-17-13-29(22-5-3-2-4-20(17)22)14-19-8-9-23(33-19)25(31)32/h2-11,13H,14H2,1H3,(H,28,30)(H,31,32)/b16-10-. The number of nitrogens with one attached hydrogen (secondary N) is 1. The molecule has 7 nitrogen and oxygen atoms in total. The van der Waals surface area contributed by atoms with Crippen LogP contribution in [0.2, 0.25) is 5.02 Å². The Balaban J connectivity index is 1.68. The minimum absolute atomic E-state index is 0.0663. The fourth-order valence-corrected chi connectivity index (χ4v) is 3.66. The topological polar surface area (TPSA) is 108 Å². The summed E-state index contributed by atoms with van der Waals surface area (Å²) in [7, 11) is 0. The summed E-state index contributed by atoms with van der Waals surface area (Å²) in [4.78, 5) is 23.9. The minimum Gasteiger partial charge on any atom is -0.475 e. The maximum absolute atomic E-state index is 12.8. The van der Waals surface area contributed by atoms with Gasteiger partial charge in [-0.05, 0) is 48.9 Å². The van der Waals surface area contributed by atoms with E-state index in [9.17, 15) is 14.9 Å². The first-order valence-electron chi connectivity index (χ1n) is 9.95. The van der Waals surface area contributed by atoms with Crippen LogP contribution in [0.3, 0.4) is 0 Å². The summed E-state index contributed by atoms with van der Waals surface area (Å²) in [5.74, 6) is -1.35. The summed E-state index contributed by atoms with van der Waals surface area (Å²) in [6.07, 6.45) is 3.32. The van der Waals surface area contributed by atoms with E-state index < -0.39 is 11.9 Å². The number of aromatic nitrogens is 1. The highest BCUT2D eigenvalue weighted by Crippen LogP contribution is 2.26. The second-order valence-corrected chi connectivity index (χ2v) is 7.82. The van der Waals surface area contributed by atoms with Crippen molar-refractivity contribution in [2.75, 3.05) is 5.32 Å². The summed E-state index contributed by atoms with van der Waals surface area (Å²) in [5.41, 5.74) is 2.80. The maximum Gasteiger partial charge on any atom is 0.371 e. The van der Waals surface area contributed by atoms with E-state index in [4.69, 9.17) is 21.1 Å². The predicted octanol–water partition coefficient (Wildman–Crippen LogP) is 5.49. The van der Waals surface area contributed by atoms with Crippen molar-refractivity contribution < 1.29 is 19.1 Å². The average Bonchev–Trinajstić information content (AvgIpc) is 3.40. The lowest BCUT2D eigenvalue weighted by Crippen LogP contribution is -2.14. The molecule has 0 bridgehead atoms. The number of nitriles is 1. The number of carbonyl (C=O) groups excluding carboxylic acids is 1. The third-order valence-corrected chi connectivity index (χ3v) is 5.37. The van der Waals surface area contributed by atoms with Gasteiger partial charge in [0.1, 0.15) is 17.4 Å². The van der Waals surface area contributed by atoms with Crippen LogP contribution < -0.4 is 5.32 Å². The Morgan fingerprint density at radius 1 is 1.21 bits per heavy atom. The van der Waals surface area contributed by atoms with Gasteiger partial charge in [-0.3, -0.25) is 4.79 Å². The van der Waals surface area contributed by atoms with E-state index in [1.165, 1.54) is 12.1 Å². The van der Waals surface area contributed by atoms with Gasteiger partial charge in [0, 0.05) is 33.4 Å². The van der Waals surface area contributed by atoms with E-state index in [-0.39, 0.29) is 17.9 Å². The lowest BCUT2D eigenvalue weighted by atomic mass is 10.1. The van der Waals surface area contributed by atoms with Gasteiger partial charge >= 0.3 is 5.97 Å². The van der Waals surface area contributed by atoms with Crippen molar-refractivity contribution in [1.82, 2.24) is 4.57 Å². The second-order valence-electron chi connectivity index (χ2n) is 7.38. The number of carboxylic acid groups (broad SMARTS) is 1. The van der Waals surface area contributed by atoms with Crippen molar-refractivity contribution in [3.8, 4) is 6.07 Å². The molecular weight excluding hydrogens is 442 g/mol. The van der Waals surface area contributed by atoms with E-state index in [0.29, 0.717) is 22.0 Å². The molecule has 2 aromatic carbocycles. The number of nitrogens with zero attached hydrogens (tertiary/aromatic N) is 2. The number of para-hydroxylation sites is 1. The summed E-state index contributed by atoms with van der Waals surface area (Å²) in [6.45, 7) is 2.12. The number of hydrogen-bond donors (Lipinski definition) is 2. The number of aryl methyl sites for hydroxylation is 1. The Hall–Kier alpha value is -4.28. The van der Waals surface area contributed by atoms with E-state index in [2.05, 4.69) is 5.32 Å². The number of benzene rings is 2. The number of aromatic carboxylic acids is 1. The van der Waals surface area contributed by atoms with Gasteiger partial charge in [0.2, 0.25) is 5.76 Å². The van der Waals surface area contributed by atoms with Crippen LogP contribution in [0.4, 0.5) is 5.69 Å². The number of hydrogen-bond acceptors (Lipinski definition) is 4. The number of rotatable bonds is 6. The van der Waals surface area contributed by atoms with Crippen LogP contribution >= 0.6 is 11.6 Å². The van der Waals surface area contributed by atoms with Crippen LogP contribution in [-0.4, -0.2) is 21.6 Å². The molecule has 0 radical (unpaired) electrons. The zero-order valence-corrected chi connectivity index (χ0v) is 18.3. The van der Waals surface area contributed by atoms with Gasteiger partial charge in [-0.1, -0.05) is 35.9 Å². The summed E-state index contributed by atoms with van der Waals surface area (Å²) in [5, 5.41) is 22.8. The Bertz CT molecular complexity index is 1460. The largest absolute Gasteiger partial charge is 0.475 e. The molecule has 0 aliphatic rings. The molecule has 4 rings (SSSR count). The van der Waals surface area contributed by atoms with Crippen LogP contribution in [0, 0.1) is 18.3 Å². The number of fused-ring (bicyclic) bond motifs is 1. The first-order valence-corrected chi connectivity index (χ1v) is 10.3. The summed E-state index contributed by atoms with van der Waals surface area (Å²) in [6, 6.07) is 17.6. The lowest BCUT2D eigenvalue weighted by molar-refractivity contribution is -0.112. The van der Waals surface area contributed by atoms with Crippen LogP contribution in [0.5, 0.6) is 0 Å². The molecule has 2 heterocycles. The molecule has 0 saturated heterocycles. The van der Waals surface area contributed by atoms with Crippen molar-refractivity contribution in [2.24, 2.45) is 0 Å². The maximum atomic E-state index is 12.8. The number of carboxylic acids is 1. The van der Waals surface area contributed by atoms with Gasteiger partial charge in [0.25, 0.3) is 5.91 Å². The Morgan fingerprint density at radius 2 is 2.00 bits per heavy atom. The molecule has 1 amide bonds. The molecule has 0 saturated carbocycles. The third kappa shape index (κ3) is 4.66. The normalized spacial score (nSPS) is 11.4. The number of carbonyl (C=O) groups is 2. The van der Waals surface area contributed by atoms with Gasteiger partial charge in [-0.15, -0.1) is 0 Å². The zero-order chi connectivity index (χ0) is 23.5. The average molecular weight is 460 g/mol. The van der Waals surface area contributed by atoms with Crippen LogP contribution in [0.15, 0.2) is 70.8 Å². The van der Waals surface area contributed by atoms with E-state index in [0.717, 1.165) is 16.5 Å². The van der Waals surface area contributed by atoms with Gasteiger partial charge in [0.05, 0.1) is 6.54 Å². The molecule has 0 aliphatic heterocycles. The summed E-state index contributed by atoms with van der Waals surface area (Å²) < 4.78 is 7.25. The fourth-order valence-electron chi connectivity index (χ4n) is 3.49. The number of halogens is 1. The molecule has 33 heavy (non-hydrogen) atoms. The third-order valence-electron chi connectivity index (χ3n) is 5.13. The smallest absolute Gasteiger partial charge is 0.371 e. The zero-order valence-electron chi connectivity index (χ0n) is 17.5. The molecule has 2 N–H and O–H groups in total. The molecule has 4 aromatic rings. The molecule has 0 aliphatic carbocycles. The van der Waals surface area contributed by atoms with Crippen LogP contribution in [0.25, 0.3) is 17.0 Å². The Morgan fingerprint density at radius 3 is 2.73 bits per heavy atom. The number of amides is 1. The van der Waals surface area contributed by atoms with Crippen molar-refractivity contribution in [1.29, 1.82) is 5.26 Å². The first kappa shape index (κ1) is 21.9. The molecule has 2 aromatic heterocycles. The fraction of sp³-hybridized carbons (Fsp3) is 0.0800. The van der Waals surface area contributed by atoms with Crippen molar-refractivity contribution in [2.45, 2.75) is 13.5 Å². The second kappa shape index (κ2) is 9.07. The quantitative estimate of drug-likeness (QED) is 0.293. The van der Waals surface area contributed by atoms with Gasteiger partial charge in [-0.25, -0.2) is 4.79 Å². The van der Waals surface area contributed by atoms with E-state index >= 15 is 0 Å². The van der Waals surface area contributed by atoms with Gasteiger partial charge < -0.3 is 19.4 Å². The van der Waals surface area contributed by atoms with Gasteiger partial charge in [0.15, 0.2) is 0 Å². The van der Waals surface area contributed by atoms with Crippen LogP contribution in [0.1, 0.15) is 27.4 Å². The predicted molar refractivity (Wildman–Crippen MR) is 125 cm³/mol. The molecular formula is C25H18ClN3O4. The molecule has 164 valence electrons. The first-order chi connectivity index (χ1) is 15.9. The molecule has 8 heteroatoms. The highest BCUT2D eigenvalue weighted by molar-refractivity contribution is 6.31. The molecule has 0 spiro atoms.